The smallest absolute Gasteiger partial charge is 0.193 e. The molecule has 1 atom stereocenters. The highest BCUT2D eigenvalue weighted by Crippen LogP contribution is 2.16. The molecule has 0 radical (unpaired) electrons. The van der Waals surface area contributed by atoms with E-state index in [1.165, 1.54) is 6.42 Å². The van der Waals surface area contributed by atoms with Gasteiger partial charge in [-0.3, -0.25) is 4.99 Å². The van der Waals surface area contributed by atoms with Crippen molar-refractivity contribution in [2.45, 2.75) is 33.6 Å². The number of halogens is 1. The number of aliphatic imine (C=N–C) groups is 1. The molecule has 1 unspecified atom stereocenters. The monoisotopic (exact) mass is 470 g/mol. The molecule has 0 aromatic heterocycles. The second-order valence-electron chi connectivity index (χ2n) is 6.28. The Kier molecular flexibility index (Phi) is 16.0. The lowest BCUT2D eigenvalue weighted by Crippen LogP contribution is -2.40. The van der Waals surface area contributed by atoms with Crippen LogP contribution in [0.4, 0.5) is 0 Å². The summed E-state index contributed by atoms with van der Waals surface area (Å²) in [6.45, 7) is 16.0. The quantitative estimate of drug-likeness (QED) is 0.205. The van der Waals surface area contributed by atoms with Gasteiger partial charge in [-0.15, -0.1) is 24.0 Å². The van der Waals surface area contributed by atoms with Crippen LogP contribution in [0.2, 0.25) is 0 Å². The summed E-state index contributed by atoms with van der Waals surface area (Å²) in [6.07, 6.45) is 2.30. The zero-order valence-corrected chi connectivity index (χ0v) is 19.0. The van der Waals surface area contributed by atoms with Gasteiger partial charge in [-0.2, -0.15) is 0 Å². The fraction of sp³-hybridized carbons (Fsp3) is 0.944. The molecule has 1 N–H and O–H groups in total. The number of hydrogen-bond acceptors (Lipinski definition) is 4. The van der Waals surface area contributed by atoms with E-state index in [1.807, 2.05) is 0 Å². The molecule has 0 aromatic rings. The molecule has 25 heavy (non-hydrogen) atoms. The van der Waals surface area contributed by atoms with E-state index in [9.17, 15) is 0 Å². The molecular formula is C18H39IN4O2. The Morgan fingerprint density at radius 3 is 2.64 bits per heavy atom. The van der Waals surface area contributed by atoms with Gasteiger partial charge in [0, 0.05) is 39.2 Å². The first kappa shape index (κ1) is 24.9. The van der Waals surface area contributed by atoms with Gasteiger partial charge in [0.15, 0.2) is 5.96 Å². The Morgan fingerprint density at radius 2 is 2.00 bits per heavy atom. The number of guanidine groups is 1. The first-order valence-corrected chi connectivity index (χ1v) is 9.57. The highest BCUT2D eigenvalue weighted by atomic mass is 127. The van der Waals surface area contributed by atoms with E-state index in [0.717, 1.165) is 64.8 Å². The summed E-state index contributed by atoms with van der Waals surface area (Å²) in [7, 11) is 1.71. The van der Waals surface area contributed by atoms with Crippen LogP contribution in [0.3, 0.4) is 0 Å². The summed E-state index contributed by atoms with van der Waals surface area (Å²) in [6, 6.07) is 0. The Balaban J connectivity index is 0.00000576. The van der Waals surface area contributed by atoms with E-state index in [4.69, 9.17) is 14.5 Å². The van der Waals surface area contributed by atoms with Crippen molar-refractivity contribution in [2.75, 3.05) is 72.7 Å². The van der Waals surface area contributed by atoms with E-state index < -0.39 is 0 Å². The van der Waals surface area contributed by atoms with Gasteiger partial charge in [-0.1, -0.05) is 13.8 Å². The predicted octanol–water partition coefficient (Wildman–Crippen LogP) is 2.29. The van der Waals surface area contributed by atoms with Crippen LogP contribution in [-0.4, -0.2) is 88.5 Å². The van der Waals surface area contributed by atoms with Crippen LogP contribution in [0.1, 0.15) is 33.6 Å². The van der Waals surface area contributed by atoms with Gasteiger partial charge in [0.1, 0.15) is 0 Å². The second-order valence-corrected chi connectivity index (χ2v) is 6.28. The van der Waals surface area contributed by atoms with Crippen LogP contribution in [0.15, 0.2) is 4.99 Å². The van der Waals surface area contributed by atoms with Crippen molar-refractivity contribution in [1.29, 1.82) is 0 Å². The van der Waals surface area contributed by atoms with Crippen LogP contribution in [-0.2, 0) is 9.47 Å². The molecular weight excluding hydrogens is 431 g/mol. The molecule has 0 aromatic carbocycles. The maximum Gasteiger partial charge on any atom is 0.193 e. The molecule has 0 saturated carbocycles. The molecule has 150 valence electrons. The lowest BCUT2D eigenvalue weighted by atomic mass is 10.1. The average molecular weight is 470 g/mol. The van der Waals surface area contributed by atoms with Gasteiger partial charge in [0.2, 0.25) is 0 Å². The van der Waals surface area contributed by atoms with Crippen molar-refractivity contribution in [3.63, 3.8) is 0 Å². The van der Waals surface area contributed by atoms with Crippen LogP contribution in [0, 0.1) is 5.92 Å². The van der Waals surface area contributed by atoms with E-state index in [1.54, 1.807) is 7.11 Å². The number of hydrogen-bond donors (Lipinski definition) is 1. The third-order valence-corrected chi connectivity index (χ3v) is 4.49. The van der Waals surface area contributed by atoms with Crippen LogP contribution < -0.4 is 5.32 Å². The van der Waals surface area contributed by atoms with Gasteiger partial charge in [0.25, 0.3) is 0 Å². The molecule has 1 saturated heterocycles. The van der Waals surface area contributed by atoms with Gasteiger partial charge in [-0.25, -0.2) is 0 Å². The minimum absolute atomic E-state index is 0. The SMILES string of the molecule is CCNC(=NCCCN(CC)CC)N1CCC(COCCOC)C1.I. The summed E-state index contributed by atoms with van der Waals surface area (Å²) in [4.78, 5) is 9.65. The van der Waals surface area contributed by atoms with Gasteiger partial charge in [-0.05, 0) is 39.4 Å². The number of likely N-dealkylation sites (tertiary alicyclic amines) is 1. The molecule has 1 rings (SSSR count). The van der Waals surface area contributed by atoms with Gasteiger partial charge < -0.3 is 24.6 Å². The number of ether oxygens (including phenoxy) is 2. The number of methoxy groups -OCH3 is 1. The molecule has 7 heteroatoms. The molecule has 0 bridgehead atoms. The summed E-state index contributed by atoms with van der Waals surface area (Å²) in [5.41, 5.74) is 0. The zero-order chi connectivity index (χ0) is 17.6. The standard InChI is InChI=1S/C18H38N4O2.HI/c1-5-19-18(20-10-8-11-21(6-2)7-3)22-12-9-17(15-22)16-24-14-13-23-4;/h17H,5-16H2,1-4H3,(H,19,20);1H. The number of nitrogens with zero attached hydrogens (tertiary/aromatic N) is 3. The third-order valence-electron chi connectivity index (χ3n) is 4.49. The van der Waals surface area contributed by atoms with Crippen molar-refractivity contribution in [3.8, 4) is 0 Å². The van der Waals surface area contributed by atoms with Crippen molar-refractivity contribution >= 4 is 29.9 Å². The Labute approximate surface area is 171 Å². The van der Waals surface area contributed by atoms with E-state index in [2.05, 4.69) is 35.9 Å². The van der Waals surface area contributed by atoms with Crippen LogP contribution in [0.5, 0.6) is 0 Å². The third kappa shape index (κ3) is 10.6. The molecule has 1 fully saturated rings. The Bertz CT molecular complexity index is 341. The molecule has 6 nitrogen and oxygen atoms in total. The highest BCUT2D eigenvalue weighted by Gasteiger charge is 2.24. The minimum atomic E-state index is 0. The van der Waals surface area contributed by atoms with Gasteiger partial charge >= 0.3 is 0 Å². The molecule has 0 amide bonds. The maximum absolute atomic E-state index is 5.68. The normalized spacial score (nSPS) is 17.9. The molecule has 0 spiro atoms. The maximum atomic E-state index is 5.68. The van der Waals surface area contributed by atoms with Crippen molar-refractivity contribution in [2.24, 2.45) is 10.9 Å². The van der Waals surface area contributed by atoms with E-state index in [-0.39, 0.29) is 24.0 Å². The average Bonchev–Trinajstić information content (AvgIpc) is 3.06. The Morgan fingerprint density at radius 1 is 1.24 bits per heavy atom. The van der Waals surface area contributed by atoms with Crippen molar-refractivity contribution in [1.82, 2.24) is 15.1 Å². The summed E-state index contributed by atoms with van der Waals surface area (Å²) >= 11 is 0. The molecule has 1 aliphatic heterocycles. The lowest BCUT2D eigenvalue weighted by molar-refractivity contribution is 0.0536. The predicted molar refractivity (Wildman–Crippen MR) is 116 cm³/mol. The minimum Gasteiger partial charge on any atom is -0.382 e. The molecule has 1 heterocycles. The zero-order valence-electron chi connectivity index (χ0n) is 16.6. The summed E-state index contributed by atoms with van der Waals surface area (Å²) in [5, 5.41) is 3.44. The van der Waals surface area contributed by atoms with E-state index in [0.29, 0.717) is 19.1 Å². The van der Waals surface area contributed by atoms with Crippen molar-refractivity contribution in [3.05, 3.63) is 0 Å². The highest BCUT2D eigenvalue weighted by molar-refractivity contribution is 14.0. The number of nitrogens with one attached hydrogen (secondary N) is 1. The van der Waals surface area contributed by atoms with Crippen molar-refractivity contribution < 1.29 is 9.47 Å². The number of rotatable bonds is 12. The fourth-order valence-corrected chi connectivity index (χ4v) is 3.00. The summed E-state index contributed by atoms with van der Waals surface area (Å²) in [5.74, 6) is 1.66. The van der Waals surface area contributed by atoms with Crippen LogP contribution >= 0.6 is 24.0 Å². The first-order valence-electron chi connectivity index (χ1n) is 9.57. The van der Waals surface area contributed by atoms with E-state index >= 15 is 0 Å². The lowest BCUT2D eigenvalue weighted by Gasteiger charge is -2.22. The summed E-state index contributed by atoms with van der Waals surface area (Å²) < 4.78 is 10.7. The fourth-order valence-electron chi connectivity index (χ4n) is 3.00. The molecule has 1 aliphatic rings. The first-order chi connectivity index (χ1) is 11.7. The van der Waals surface area contributed by atoms with Crippen LogP contribution in [0.25, 0.3) is 0 Å². The largest absolute Gasteiger partial charge is 0.382 e. The van der Waals surface area contributed by atoms with Gasteiger partial charge in [0.05, 0.1) is 19.8 Å². The Hall–Kier alpha value is -0.120. The second kappa shape index (κ2) is 16.1. The topological polar surface area (TPSA) is 49.3 Å². The molecule has 0 aliphatic carbocycles.